The van der Waals surface area contributed by atoms with Gasteiger partial charge in [-0.05, 0) is 110 Å². The number of carboxylic acids is 1. The highest BCUT2D eigenvalue weighted by Gasteiger charge is 2.50. The fourth-order valence-corrected chi connectivity index (χ4v) is 7.25. The van der Waals surface area contributed by atoms with Crippen molar-refractivity contribution >= 4 is 29.2 Å². The van der Waals surface area contributed by atoms with E-state index in [1.807, 2.05) is 12.1 Å². The zero-order valence-corrected chi connectivity index (χ0v) is 18.5. The van der Waals surface area contributed by atoms with Crippen LogP contribution in [0.25, 0.3) is 0 Å². The molecule has 4 nitrogen and oxygen atoms in total. The Labute approximate surface area is 188 Å². The average Bonchev–Trinajstić information content (AvgIpc) is 2.68. The van der Waals surface area contributed by atoms with E-state index in [4.69, 9.17) is 11.6 Å². The van der Waals surface area contributed by atoms with Crippen molar-refractivity contribution in [3.05, 3.63) is 63.7 Å². The molecule has 162 valence electrons. The van der Waals surface area contributed by atoms with Gasteiger partial charge >= 0.3 is 5.97 Å². The molecule has 0 radical (unpaired) electrons. The minimum Gasteiger partial charge on any atom is -0.478 e. The quantitative estimate of drug-likeness (QED) is 0.572. The number of carboxylic acid groups (broad SMARTS) is 1. The van der Waals surface area contributed by atoms with Crippen molar-refractivity contribution in [3.8, 4) is 0 Å². The molecule has 2 aromatic carbocycles. The third kappa shape index (κ3) is 3.98. The van der Waals surface area contributed by atoms with Crippen LogP contribution in [0.3, 0.4) is 0 Å². The van der Waals surface area contributed by atoms with Gasteiger partial charge in [-0.15, -0.1) is 0 Å². The molecule has 4 saturated carbocycles. The third-order valence-corrected chi connectivity index (χ3v) is 7.95. The fourth-order valence-electron chi connectivity index (χ4n) is 6.98. The minimum absolute atomic E-state index is 0.00298. The van der Waals surface area contributed by atoms with Crippen molar-refractivity contribution in [2.24, 2.45) is 23.2 Å². The summed E-state index contributed by atoms with van der Waals surface area (Å²) < 4.78 is 0. The van der Waals surface area contributed by atoms with E-state index < -0.39 is 5.97 Å². The van der Waals surface area contributed by atoms with Gasteiger partial charge in [0.05, 0.1) is 11.3 Å². The molecule has 0 aromatic heterocycles. The van der Waals surface area contributed by atoms with Crippen molar-refractivity contribution in [1.29, 1.82) is 0 Å². The number of anilines is 1. The molecule has 0 spiro atoms. The highest BCUT2D eigenvalue weighted by atomic mass is 35.5. The van der Waals surface area contributed by atoms with Gasteiger partial charge in [-0.2, -0.15) is 0 Å². The number of carbonyl (C=O) groups is 2. The van der Waals surface area contributed by atoms with E-state index in [2.05, 4.69) is 17.4 Å². The van der Waals surface area contributed by atoms with Crippen LogP contribution in [0.1, 0.15) is 70.4 Å². The smallest absolute Gasteiger partial charge is 0.337 e. The van der Waals surface area contributed by atoms with Gasteiger partial charge in [-0.3, -0.25) is 4.79 Å². The van der Waals surface area contributed by atoms with E-state index in [0.29, 0.717) is 27.3 Å². The largest absolute Gasteiger partial charge is 0.478 e. The van der Waals surface area contributed by atoms with Crippen LogP contribution in [0, 0.1) is 30.1 Å². The maximum Gasteiger partial charge on any atom is 0.337 e. The normalized spacial score (nSPS) is 28.5. The summed E-state index contributed by atoms with van der Waals surface area (Å²) in [6.07, 6.45) is 9.55. The number of halogens is 1. The number of hydrogen-bond donors (Lipinski definition) is 2. The summed E-state index contributed by atoms with van der Waals surface area (Å²) in [5.74, 6) is 1.37. The second-order valence-corrected chi connectivity index (χ2v) is 10.6. The number of hydrogen-bond acceptors (Lipinski definition) is 2. The Hall–Kier alpha value is -2.33. The zero-order chi connectivity index (χ0) is 21.8. The number of carbonyl (C=O) groups excluding carboxylic acids is 1. The molecule has 0 saturated heterocycles. The molecule has 0 atom stereocenters. The predicted molar refractivity (Wildman–Crippen MR) is 122 cm³/mol. The molecule has 5 heteroatoms. The van der Waals surface area contributed by atoms with E-state index in [-0.39, 0.29) is 11.5 Å². The second-order valence-electron chi connectivity index (χ2n) is 10.2. The number of benzene rings is 2. The third-order valence-electron chi connectivity index (χ3n) is 7.73. The SMILES string of the molecule is Cc1cc(Cl)cc(C(=O)O)c1NC(=O)c1ccc(CC23CC4CC(CC(C4)C2)C3)cc1. The molecular weight excluding hydrogens is 410 g/mol. The molecular formula is C26H28ClNO3. The van der Waals surface area contributed by atoms with Crippen molar-refractivity contribution in [2.75, 3.05) is 5.32 Å². The molecule has 2 N–H and O–H groups in total. The number of aromatic carboxylic acids is 1. The zero-order valence-electron chi connectivity index (χ0n) is 17.8. The summed E-state index contributed by atoms with van der Waals surface area (Å²) in [5, 5.41) is 12.6. The number of rotatable bonds is 5. The standard InChI is InChI=1S/C26H28ClNO3/c1-15-6-21(27)10-22(25(30)31)23(15)28-24(29)20-4-2-16(3-5-20)11-26-12-17-7-18(13-26)9-19(8-17)14-26/h2-6,10,17-19H,7-9,11-14H2,1H3,(H,28,29)(H,30,31). The van der Waals surface area contributed by atoms with Crippen LogP contribution >= 0.6 is 11.6 Å². The molecule has 2 aromatic rings. The van der Waals surface area contributed by atoms with Crippen LogP contribution in [0.4, 0.5) is 5.69 Å². The van der Waals surface area contributed by atoms with E-state index in [0.717, 1.165) is 24.2 Å². The lowest BCUT2D eigenvalue weighted by atomic mass is 9.48. The lowest BCUT2D eigenvalue weighted by Crippen LogP contribution is -2.47. The Morgan fingerprint density at radius 2 is 1.61 bits per heavy atom. The van der Waals surface area contributed by atoms with Crippen molar-refractivity contribution < 1.29 is 14.7 Å². The van der Waals surface area contributed by atoms with Gasteiger partial charge in [-0.1, -0.05) is 23.7 Å². The average molecular weight is 438 g/mol. The molecule has 4 bridgehead atoms. The molecule has 4 aliphatic rings. The summed E-state index contributed by atoms with van der Waals surface area (Å²) >= 11 is 5.99. The predicted octanol–water partition coefficient (Wildman–Crippen LogP) is 6.36. The number of amides is 1. The summed E-state index contributed by atoms with van der Waals surface area (Å²) in [4.78, 5) is 24.4. The van der Waals surface area contributed by atoms with Gasteiger partial charge in [0.2, 0.25) is 0 Å². The Balaban J connectivity index is 1.31. The van der Waals surface area contributed by atoms with Crippen LogP contribution in [-0.2, 0) is 6.42 Å². The highest BCUT2D eigenvalue weighted by molar-refractivity contribution is 6.31. The van der Waals surface area contributed by atoms with Crippen LogP contribution in [0.15, 0.2) is 36.4 Å². The van der Waals surface area contributed by atoms with Crippen molar-refractivity contribution in [2.45, 2.75) is 51.9 Å². The van der Waals surface area contributed by atoms with Crippen molar-refractivity contribution in [1.82, 2.24) is 0 Å². The molecule has 0 heterocycles. The lowest BCUT2D eigenvalue weighted by Gasteiger charge is -2.57. The lowest BCUT2D eigenvalue weighted by molar-refractivity contribution is -0.0521. The minimum atomic E-state index is -1.12. The monoisotopic (exact) mass is 437 g/mol. The van der Waals surface area contributed by atoms with Gasteiger partial charge in [0.25, 0.3) is 5.91 Å². The van der Waals surface area contributed by atoms with Gasteiger partial charge in [-0.25, -0.2) is 4.79 Å². The van der Waals surface area contributed by atoms with Crippen molar-refractivity contribution in [3.63, 3.8) is 0 Å². The topological polar surface area (TPSA) is 66.4 Å². The number of aryl methyl sites for hydroxylation is 1. The Kier molecular flexibility index (Phi) is 5.09. The first-order valence-corrected chi connectivity index (χ1v) is 11.6. The molecule has 4 fully saturated rings. The number of nitrogens with one attached hydrogen (secondary N) is 1. The van der Waals surface area contributed by atoms with Gasteiger partial charge in [0, 0.05) is 10.6 Å². The van der Waals surface area contributed by atoms with Gasteiger partial charge in [0.15, 0.2) is 0 Å². The van der Waals surface area contributed by atoms with Crippen LogP contribution in [0.5, 0.6) is 0 Å². The summed E-state index contributed by atoms with van der Waals surface area (Å²) in [5.41, 5.74) is 3.20. The molecule has 6 rings (SSSR count). The Morgan fingerprint density at radius 3 is 2.16 bits per heavy atom. The van der Waals surface area contributed by atoms with E-state index in [9.17, 15) is 14.7 Å². The molecule has 0 unspecified atom stereocenters. The highest BCUT2D eigenvalue weighted by Crippen LogP contribution is 2.61. The molecule has 0 aliphatic heterocycles. The second kappa shape index (κ2) is 7.67. The van der Waals surface area contributed by atoms with Crippen LogP contribution in [-0.4, -0.2) is 17.0 Å². The Morgan fingerprint density at radius 1 is 1.03 bits per heavy atom. The first kappa shape index (κ1) is 20.6. The van der Waals surface area contributed by atoms with E-state index in [1.165, 1.54) is 50.2 Å². The maximum atomic E-state index is 12.8. The molecule has 4 aliphatic carbocycles. The molecule has 31 heavy (non-hydrogen) atoms. The first-order chi connectivity index (χ1) is 14.8. The first-order valence-electron chi connectivity index (χ1n) is 11.2. The van der Waals surface area contributed by atoms with Crippen LogP contribution in [0.2, 0.25) is 5.02 Å². The van der Waals surface area contributed by atoms with Crippen LogP contribution < -0.4 is 5.32 Å². The summed E-state index contributed by atoms with van der Waals surface area (Å²) in [6, 6.07) is 10.9. The molecule has 1 amide bonds. The van der Waals surface area contributed by atoms with E-state index in [1.54, 1.807) is 13.0 Å². The summed E-state index contributed by atoms with van der Waals surface area (Å²) in [7, 11) is 0. The van der Waals surface area contributed by atoms with E-state index >= 15 is 0 Å². The van der Waals surface area contributed by atoms with Gasteiger partial charge < -0.3 is 10.4 Å². The maximum absolute atomic E-state index is 12.8. The Bertz CT molecular complexity index is 1010. The fraction of sp³-hybridized carbons (Fsp3) is 0.462. The summed E-state index contributed by atoms with van der Waals surface area (Å²) in [6.45, 7) is 1.74. The van der Waals surface area contributed by atoms with Gasteiger partial charge in [0.1, 0.15) is 0 Å².